The average Bonchev–Trinajstić information content (AvgIpc) is 2.67. The van der Waals surface area contributed by atoms with Crippen molar-refractivity contribution in [3.63, 3.8) is 0 Å². The minimum atomic E-state index is -0.611. The molecule has 1 N–H and O–H groups in total. The Kier molecular flexibility index (Phi) is 3.39. The number of hydrogen-bond donors (Lipinski definition) is 1. The second kappa shape index (κ2) is 4.82. The van der Waals surface area contributed by atoms with Crippen LogP contribution in [0.15, 0.2) is 24.3 Å². The smallest absolute Gasteiger partial charge is 0.126 e. The van der Waals surface area contributed by atoms with Crippen LogP contribution in [0.2, 0.25) is 0 Å². The molecule has 1 heterocycles. The molecule has 0 aliphatic carbocycles. The molecule has 2 aromatic rings. The van der Waals surface area contributed by atoms with Crippen LogP contribution in [0.25, 0.3) is 5.69 Å². The summed E-state index contributed by atoms with van der Waals surface area (Å²) in [6, 6.07) is 7.68. The third-order valence-electron chi connectivity index (χ3n) is 2.92. The Hall–Kier alpha value is -1.81. The Morgan fingerprint density at radius 3 is 2.56 bits per heavy atom. The molecular weight excluding hydrogens is 228 g/mol. The van der Waals surface area contributed by atoms with Gasteiger partial charge < -0.3 is 9.84 Å². The Balaban J connectivity index is 2.67. The van der Waals surface area contributed by atoms with Gasteiger partial charge in [-0.2, -0.15) is 5.10 Å². The molecule has 96 valence electrons. The van der Waals surface area contributed by atoms with Crippen molar-refractivity contribution in [1.29, 1.82) is 0 Å². The number of hydrogen-bond acceptors (Lipinski definition) is 3. The summed E-state index contributed by atoms with van der Waals surface area (Å²) in [5.41, 5.74) is 3.59. The SMILES string of the molecule is COc1cccc(-n2nc(C)cc2C)c1[C@H](C)O. The maximum absolute atomic E-state index is 9.95. The predicted molar refractivity (Wildman–Crippen MR) is 70.2 cm³/mol. The van der Waals surface area contributed by atoms with E-state index in [2.05, 4.69) is 5.10 Å². The first kappa shape index (κ1) is 12.6. The molecule has 2 rings (SSSR count). The monoisotopic (exact) mass is 246 g/mol. The van der Waals surface area contributed by atoms with Gasteiger partial charge in [0, 0.05) is 11.3 Å². The van der Waals surface area contributed by atoms with Gasteiger partial charge in [-0.25, -0.2) is 4.68 Å². The molecule has 0 fully saturated rings. The molecule has 0 saturated carbocycles. The van der Waals surface area contributed by atoms with Gasteiger partial charge in [0.05, 0.1) is 24.6 Å². The lowest BCUT2D eigenvalue weighted by molar-refractivity contribution is 0.194. The molecular formula is C14H18N2O2. The molecule has 0 bridgehead atoms. The van der Waals surface area contributed by atoms with Crippen LogP contribution in [-0.2, 0) is 0 Å². The summed E-state index contributed by atoms with van der Waals surface area (Å²) in [6.45, 7) is 5.67. The highest BCUT2D eigenvalue weighted by Crippen LogP contribution is 2.31. The summed E-state index contributed by atoms with van der Waals surface area (Å²) in [5.74, 6) is 0.676. The van der Waals surface area contributed by atoms with Crippen molar-refractivity contribution >= 4 is 0 Å². The van der Waals surface area contributed by atoms with E-state index in [1.165, 1.54) is 0 Å². The van der Waals surface area contributed by atoms with E-state index in [0.717, 1.165) is 22.6 Å². The van der Waals surface area contributed by atoms with E-state index in [1.54, 1.807) is 14.0 Å². The molecule has 4 nitrogen and oxygen atoms in total. The van der Waals surface area contributed by atoms with Crippen LogP contribution in [0, 0.1) is 13.8 Å². The van der Waals surface area contributed by atoms with Gasteiger partial charge in [-0.15, -0.1) is 0 Å². The first-order valence-electron chi connectivity index (χ1n) is 5.93. The lowest BCUT2D eigenvalue weighted by Crippen LogP contribution is -2.07. The fourth-order valence-electron chi connectivity index (χ4n) is 2.19. The summed E-state index contributed by atoms with van der Waals surface area (Å²) >= 11 is 0. The molecule has 1 aromatic heterocycles. The zero-order chi connectivity index (χ0) is 13.3. The van der Waals surface area contributed by atoms with Crippen LogP contribution in [0.1, 0.15) is 30.0 Å². The number of aryl methyl sites for hydroxylation is 2. The lowest BCUT2D eigenvalue weighted by atomic mass is 10.1. The molecule has 18 heavy (non-hydrogen) atoms. The largest absolute Gasteiger partial charge is 0.496 e. The molecule has 0 radical (unpaired) electrons. The Bertz CT molecular complexity index is 559. The number of aromatic nitrogens is 2. The fraction of sp³-hybridized carbons (Fsp3) is 0.357. The third-order valence-corrected chi connectivity index (χ3v) is 2.92. The lowest BCUT2D eigenvalue weighted by Gasteiger charge is -2.16. The summed E-state index contributed by atoms with van der Waals surface area (Å²) in [5, 5.41) is 14.4. The standard InChI is InChI=1S/C14H18N2O2/c1-9-8-10(2)16(15-9)12-6-5-7-13(18-4)14(12)11(3)17/h5-8,11,17H,1-4H3/t11-/m0/s1. The van der Waals surface area contributed by atoms with Gasteiger partial charge in [-0.3, -0.25) is 0 Å². The van der Waals surface area contributed by atoms with Crippen molar-refractivity contribution in [3.05, 3.63) is 41.2 Å². The highest BCUT2D eigenvalue weighted by molar-refractivity contribution is 5.51. The number of aliphatic hydroxyl groups excluding tert-OH is 1. The van der Waals surface area contributed by atoms with E-state index in [0.29, 0.717) is 5.75 Å². The van der Waals surface area contributed by atoms with Crippen LogP contribution < -0.4 is 4.74 Å². The van der Waals surface area contributed by atoms with Crippen molar-refractivity contribution in [3.8, 4) is 11.4 Å². The van der Waals surface area contributed by atoms with E-state index >= 15 is 0 Å². The third kappa shape index (κ3) is 2.11. The maximum atomic E-state index is 9.95. The molecule has 1 atom stereocenters. The van der Waals surface area contributed by atoms with Crippen molar-refractivity contribution in [1.82, 2.24) is 9.78 Å². The number of benzene rings is 1. The number of rotatable bonds is 3. The van der Waals surface area contributed by atoms with Crippen LogP contribution in [-0.4, -0.2) is 22.0 Å². The highest BCUT2D eigenvalue weighted by Gasteiger charge is 2.17. The average molecular weight is 246 g/mol. The zero-order valence-corrected chi connectivity index (χ0v) is 11.1. The summed E-state index contributed by atoms with van der Waals surface area (Å²) in [7, 11) is 1.60. The summed E-state index contributed by atoms with van der Waals surface area (Å²) in [6.07, 6.45) is -0.611. The van der Waals surface area contributed by atoms with E-state index < -0.39 is 6.10 Å². The van der Waals surface area contributed by atoms with Crippen molar-refractivity contribution in [2.24, 2.45) is 0 Å². The maximum Gasteiger partial charge on any atom is 0.126 e. The van der Waals surface area contributed by atoms with Gasteiger partial charge in [-0.1, -0.05) is 6.07 Å². The highest BCUT2D eigenvalue weighted by atomic mass is 16.5. The number of methoxy groups -OCH3 is 1. The quantitative estimate of drug-likeness (QED) is 0.905. The van der Waals surface area contributed by atoms with Crippen LogP contribution in [0.4, 0.5) is 0 Å². The Morgan fingerprint density at radius 2 is 2.06 bits per heavy atom. The molecule has 0 unspecified atom stereocenters. The van der Waals surface area contributed by atoms with Gasteiger partial charge in [0.2, 0.25) is 0 Å². The van der Waals surface area contributed by atoms with Gasteiger partial charge in [0.25, 0.3) is 0 Å². The zero-order valence-electron chi connectivity index (χ0n) is 11.1. The molecule has 0 aliphatic rings. The van der Waals surface area contributed by atoms with E-state index in [-0.39, 0.29) is 0 Å². The molecule has 4 heteroatoms. The van der Waals surface area contributed by atoms with Gasteiger partial charge in [0.1, 0.15) is 5.75 Å². The second-order valence-electron chi connectivity index (χ2n) is 4.41. The van der Waals surface area contributed by atoms with Crippen molar-refractivity contribution < 1.29 is 9.84 Å². The number of nitrogens with zero attached hydrogens (tertiary/aromatic N) is 2. The first-order valence-corrected chi connectivity index (χ1v) is 5.93. The second-order valence-corrected chi connectivity index (χ2v) is 4.41. The Morgan fingerprint density at radius 1 is 1.33 bits per heavy atom. The first-order chi connectivity index (χ1) is 8.54. The number of ether oxygens (including phenoxy) is 1. The minimum Gasteiger partial charge on any atom is -0.496 e. The molecule has 0 amide bonds. The van der Waals surface area contributed by atoms with Gasteiger partial charge in [0.15, 0.2) is 0 Å². The molecule has 0 aliphatic heterocycles. The van der Waals surface area contributed by atoms with Crippen LogP contribution in [0.5, 0.6) is 5.75 Å². The Labute approximate surface area is 107 Å². The van der Waals surface area contributed by atoms with Crippen molar-refractivity contribution in [2.75, 3.05) is 7.11 Å². The normalized spacial score (nSPS) is 12.5. The van der Waals surface area contributed by atoms with E-state index in [1.807, 2.05) is 42.8 Å². The minimum absolute atomic E-state index is 0.611. The molecule has 0 saturated heterocycles. The van der Waals surface area contributed by atoms with Crippen LogP contribution in [0.3, 0.4) is 0 Å². The van der Waals surface area contributed by atoms with E-state index in [4.69, 9.17) is 4.74 Å². The fourth-order valence-corrected chi connectivity index (χ4v) is 2.19. The van der Waals surface area contributed by atoms with Gasteiger partial charge in [-0.05, 0) is 39.0 Å². The summed E-state index contributed by atoms with van der Waals surface area (Å²) in [4.78, 5) is 0. The van der Waals surface area contributed by atoms with E-state index in [9.17, 15) is 5.11 Å². The van der Waals surface area contributed by atoms with Crippen LogP contribution >= 0.6 is 0 Å². The molecule has 1 aromatic carbocycles. The number of aliphatic hydroxyl groups is 1. The predicted octanol–water partition coefficient (Wildman–Crippen LogP) is 2.55. The topological polar surface area (TPSA) is 47.3 Å². The molecule has 0 spiro atoms. The van der Waals surface area contributed by atoms with Gasteiger partial charge >= 0.3 is 0 Å². The summed E-state index contributed by atoms with van der Waals surface area (Å²) < 4.78 is 7.15. The van der Waals surface area contributed by atoms with Crippen molar-refractivity contribution in [2.45, 2.75) is 26.9 Å².